The van der Waals surface area contributed by atoms with Crippen LogP contribution in [0.2, 0.25) is 0 Å². The van der Waals surface area contributed by atoms with Gasteiger partial charge in [0.15, 0.2) is 5.76 Å². The molecule has 0 unspecified atom stereocenters. The Labute approximate surface area is 124 Å². The molecule has 112 valence electrons. The van der Waals surface area contributed by atoms with Gasteiger partial charge in [-0.05, 0) is 38.1 Å². The third-order valence-electron chi connectivity index (χ3n) is 3.01. The van der Waals surface area contributed by atoms with Crippen LogP contribution in [-0.4, -0.2) is 24.0 Å². The van der Waals surface area contributed by atoms with Crippen molar-refractivity contribution < 1.29 is 13.9 Å². The number of nitrogens with one attached hydrogen (secondary N) is 1. The van der Waals surface area contributed by atoms with Crippen LogP contribution < -0.4 is 5.32 Å². The maximum atomic E-state index is 12.1. The lowest BCUT2D eigenvalue weighted by Crippen LogP contribution is -2.34. The summed E-state index contributed by atoms with van der Waals surface area (Å²) in [4.78, 5) is 16.5. The van der Waals surface area contributed by atoms with Crippen molar-refractivity contribution in [2.75, 3.05) is 7.11 Å². The second-order valence-corrected chi connectivity index (χ2v) is 5.05. The quantitative estimate of drug-likeness (QED) is 0.887. The first-order valence-corrected chi connectivity index (χ1v) is 6.89. The average Bonchev–Trinajstić information content (AvgIpc) is 2.87. The zero-order chi connectivity index (χ0) is 15.2. The van der Waals surface area contributed by atoms with E-state index in [-0.39, 0.29) is 11.9 Å². The summed E-state index contributed by atoms with van der Waals surface area (Å²) in [6, 6.07) is 9.25. The second-order valence-electron chi connectivity index (χ2n) is 5.05. The Morgan fingerprint density at radius 3 is 2.90 bits per heavy atom. The molecule has 21 heavy (non-hydrogen) atoms. The predicted molar refractivity (Wildman–Crippen MR) is 79.0 cm³/mol. The number of methoxy groups -OCH3 is 1. The number of ether oxygens (including phenoxy) is 1. The smallest absolute Gasteiger partial charge is 0.287 e. The summed E-state index contributed by atoms with van der Waals surface area (Å²) in [6.45, 7) is 4.25. The molecule has 2 heterocycles. The SMILES string of the molecule is COCc1ccc(C(=O)N[C@H](C)Cc2cccc(C)n2)o1. The fourth-order valence-electron chi connectivity index (χ4n) is 2.09. The van der Waals surface area contributed by atoms with Gasteiger partial charge in [0.2, 0.25) is 0 Å². The number of carbonyl (C=O) groups excluding carboxylic acids is 1. The largest absolute Gasteiger partial charge is 0.453 e. The molecule has 0 bridgehead atoms. The molecular formula is C16H20N2O3. The van der Waals surface area contributed by atoms with E-state index < -0.39 is 0 Å². The molecule has 2 aromatic rings. The van der Waals surface area contributed by atoms with Crippen LogP contribution in [0.3, 0.4) is 0 Å². The Morgan fingerprint density at radius 2 is 2.19 bits per heavy atom. The van der Waals surface area contributed by atoms with E-state index in [2.05, 4.69) is 10.3 Å². The van der Waals surface area contributed by atoms with E-state index in [1.165, 1.54) is 0 Å². The highest BCUT2D eigenvalue weighted by molar-refractivity contribution is 5.91. The molecule has 0 spiro atoms. The van der Waals surface area contributed by atoms with E-state index >= 15 is 0 Å². The Hall–Kier alpha value is -2.14. The molecule has 1 atom stereocenters. The van der Waals surface area contributed by atoms with Crippen LogP contribution in [0.5, 0.6) is 0 Å². The topological polar surface area (TPSA) is 64.4 Å². The van der Waals surface area contributed by atoms with Crippen LogP contribution in [0.4, 0.5) is 0 Å². The minimum Gasteiger partial charge on any atom is -0.453 e. The number of furan rings is 1. The lowest BCUT2D eigenvalue weighted by molar-refractivity contribution is 0.0903. The van der Waals surface area contributed by atoms with Crippen molar-refractivity contribution in [3.8, 4) is 0 Å². The van der Waals surface area contributed by atoms with Gasteiger partial charge in [0.1, 0.15) is 12.4 Å². The first-order chi connectivity index (χ1) is 10.1. The molecule has 0 saturated heterocycles. The molecule has 2 aromatic heterocycles. The van der Waals surface area contributed by atoms with Gasteiger partial charge in [-0.15, -0.1) is 0 Å². The van der Waals surface area contributed by atoms with Gasteiger partial charge in [-0.25, -0.2) is 0 Å². The standard InChI is InChI=1S/C16H20N2O3/c1-11-5-4-6-13(17-11)9-12(2)18-16(19)15-8-7-14(21-15)10-20-3/h4-8,12H,9-10H2,1-3H3,(H,18,19)/t12-/m1/s1. The number of carbonyl (C=O) groups is 1. The van der Waals surface area contributed by atoms with Crippen molar-refractivity contribution in [3.05, 3.63) is 53.2 Å². The Kier molecular flexibility index (Phi) is 5.11. The Morgan fingerprint density at radius 1 is 1.38 bits per heavy atom. The average molecular weight is 288 g/mol. The number of hydrogen-bond acceptors (Lipinski definition) is 4. The van der Waals surface area contributed by atoms with E-state index in [0.29, 0.717) is 24.5 Å². The molecule has 0 aromatic carbocycles. The van der Waals surface area contributed by atoms with Gasteiger partial charge in [0.25, 0.3) is 5.91 Å². The van der Waals surface area contributed by atoms with Crippen LogP contribution in [0, 0.1) is 6.92 Å². The summed E-state index contributed by atoms with van der Waals surface area (Å²) in [5, 5.41) is 2.91. The maximum Gasteiger partial charge on any atom is 0.287 e. The first-order valence-electron chi connectivity index (χ1n) is 6.89. The molecule has 0 aliphatic heterocycles. The predicted octanol–water partition coefficient (Wildman–Crippen LogP) is 2.49. The summed E-state index contributed by atoms with van der Waals surface area (Å²) in [6.07, 6.45) is 0.680. The Balaban J connectivity index is 1.92. The molecule has 0 saturated carbocycles. The van der Waals surface area contributed by atoms with Gasteiger partial charge in [-0.3, -0.25) is 9.78 Å². The highest BCUT2D eigenvalue weighted by Crippen LogP contribution is 2.09. The van der Waals surface area contributed by atoms with E-state index in [1.54, 1.807) is 19.2 Å². The number of aryl methyl sites for hydroxylation is 1. The van der Waals surface area contributed by atoms with Crippen molar-refractivity contribution in [2.24, 2.45) is 0 Å². The fraction of sp³-hybridized carbons (Fsp3) is 0.375. The van der Waals surface area contributed by atoms with Crippen LogP contribution in [0.1, 0.15) is 34.6 Å². The summed E-state index contributed by atoms with van der Waals surface area (Å²) in [7, 11) is 1.58. The molecule has 1 N–H and O–H groups in total. The lowest BCUT2D eigenvalue weighted by Gasteiger charge is -2.12. The minimum absolute atomic E-state index is 0.0252. The van der Waals surface area contributed by atoms with Crippen molar-refractivity contribution in [1.29, 1.82) is 0 Å². The van der Waals surface area contributed by atoms with Gasteiger partial charge >= 0.3 is 0 Å². The number of nitrogens with zero attached hydrogens (tertiary/aromatic N) is 1. The van der Waals surface area contributed by atoms with Crippen LogP contribution >= 0.6 is 0 Å². The molecule has 0 fully saturated rings. The maximum absolute atomic E-state index is 12.1. The van der Waals surface area contributed by atoms with E-state index in [4.69, 9.17) is 9.15 Å². The van der Waals surface area contributed by atoms with Crippen molar-refractivity contribution in [2.45, 2.75) is 32.9 Å². The van der Waals surface area contributed by atoms with Gasteiger partial charge in [-0.1, -0.05) is 6.07 Å². The molecule has 1 amide bonds. The highest BCUT2D eigenvalue weighted by atomic mass is 16.5. The van der Waals surface area contributed by atoms with Crippen LogP contribution in [0.15, 0.2) is 34.7 Å². The monoisotopic (exact) mass is 288 g/mol. The van der Waals surface area contributed by atoms with Gasteiger partial charge in [-0.2, -0.15) is 0 Å². The van der Waals surface area contributed by atoms with Gasteiger partial charge in [0.05, 0.1) is 0 Å². The zero-order valence-electron chi connectivity index (χ0n) is 12.6. The molecule has 0 aliphatic carbocycles. The van der Waals surface area contributed by atoms with E-state index in [1.807, 2.05) is 32.0 Å². The second kappa shape index (κ2) is 7.04. The molecular weight excluding hydrogens is 268 g/mol. The summed E-state index contributed by atoms with van der Waals surface area (Å²) in [5.74, 6) is 0.708. The molecule has 5 nitrogen and oxygen atoms in total. The van der Waals surface area contributed by atoms with Crippen molar-refractivity contribution >= 4 is 5.91 Å². The van der Waals surface area contributed by atoms with E-state index in [9.17, 15) is 4.79 Å². The van der Waals surface area contributed by atoms with Crippen LogP contribution in [-0.2, 0) is 17.8 Å². The van der Waals surface area contributed by atoms with Gasteiger partial charge < -0.3 is 14.5 Å². The van der Waals surface area contributed by atoms with Gasteiger partial charge in [0, 0.05) is 31.0 Å². The number of amides is 1. The number of hydrogen-bond donors (Lipinski definition) is 1. The lowest BCUT2D eigenvalue weighted by atomic mass is 10.1. The first kappa shape index (κ1) is 15.3. The van der Waals surface area contributed by atoms with Crippen molar-refractivity contribution in [3.63, 3.8) is 0 Å². The molecule has 0 aliphatic rings. The number of rotatable bonds is 6. The van der Waals surface area contributed by atoms with Crippen molar-refractivity contribution in [1.82, 2.24) is 10.3 Å². The summed E-state index contributed by atoms with van der Waals surface area (Å²) >= 11 is 0. The summed E-state index contributed by atoms with van der Waals surface area (Å²) in [5.41, 5.74) is 1.93. The zero-order valence-corrected chi connectivity index (χ0v) is 12.6. The normalized spacial score (nSPS) is 12.1. The summed E-state index contributed by atoms with van der Waals surface area (Å²) < 4.78 is 10.4. The Bertz CT molecular complexity index is 607. The van der Waals surface area contributed by atoms with Crippen LogP contribution in [0.25, 0.3) is 0 Å². The fourth-order valence-corrected chi connectivity index (χ4v) is 2.09. The minimum atomic E-state index is -0.225. The molecule has 2 rings (SSSR count). The third-order valence-corrected chi connectivity index (χ3v) is 3.01. The third kappa shape index (κ3) is 4.43. The number of pyridine rings is 1. The molecule has 0 radical (unpaired) electrons. The number of aromatic nitrogens is 1. The van der Waals surface area contributed by atoms with E-state index in [0.717, 1.165) is 11.4 Å². The highest BCUT2D eigenvalue weighted by Gasteiger charge is 2.14. The molecule has 5 heteroatoms.